The molecule has 0 fully saturated rings. The second kappa shape index (κ2) is 7.80. The van der Waals surface area contributed by atoms with Gasteiger partial charge in [-0.25, -0.2) is 0 Å². The van der Waals surface area contributed by atoms with E-state index in [1.807, 2.05) is 0 Å². The van der Waals surface area contributed by atoms with Gasteiger partial charge < -0.3 is 22.9 Å². The molecule has 0 heterocycles. The van der Waals surface area contributed by atoms with Crippen LogP contribution in [-0.2, 0) is 0 Å². The maximum Gasteiger partial charge on any atom is 0.211 e. The third-order valence-electron chi connectivity index (χ3n) is 0.741. The number of rotatable bonds is 3. The summed E-state index contributed by atoms with van der Waals surface area (Å²) in [6.07, 6.45) is 1.31. The van der Waals surface area contributed by atoms with Crippen LogP contribution in [0.3, 0.4) is 0 Å². The molecule has 0 aliphatic heterocycles. The van der Waals surface area contributed by atoms with Gasteiger partial charge in [0.25, 0.3) is 0 Å². The summed E-state index contributed by atoms with van der Waals surface area (Å²) in [7, 11) is 0. The summed E-state index contributed by atoms with van der Waals surface area (Å²) in [6.45, 7) is 1.64. The van der Waals surface area contributed by atoms with Crippen LogP contribution < -0.4 is 22.9 Å². The van der Waals surface area contributed by atoms with Crippen LogP contribution in [0.1, 0.15) is 6.92 Å². The van der Waals surface area contributed by atoms with Crippen molar-refractivity contribution >= 4 is 36.3 Å². The maximum atomic E-state index is 5.03. The first-order chi connectivity index (χ1) is 6.02. The van der Waals surface area contributed by atoms with E-state index in [-0.39, 0.29) is 24.3 Å². The predicted molar refractivity (Wildman–Crippen MR) is 60.5 cm³/mol. The number of guanidine groups is 2. The third-order valence-corrected chi connectivity index (χ3v) is 0.741. The summed E-state index contributed by atoms with van der Waals surface area (Å²) in [5.41, 5.74) is 20.5. The predicted octanol–water partition coefficient (Wildman–Crippen LogP) is -1.68. The Bertz CT molecular complexity index is 269. The van der Waals surface area contributed by atoms with Crippen molar-refractivity contribution in [3.8, 4) is 0 Å². The Labute approximate surface area is 87.2 Å². The van der Waals surface area contributed by atoms with E-state index in [0.717, 1.165) is 0 Å². The highest BCUT2D eigenvalue weighted by molar-refractivity contribution is 6.29. The minimum atomic E-state index is -0.133. The zero-order chi connectivity index (χ0) is 10.3. The van der Waals surface area contributed by atoms with Crippen molar-refractivity contribution in [1.82, 2.24) is 0 Å². The van der Waals surface area contributed by atoms with Crippen LogP contribution in [0.15, 0.2) is 20.4 Å². The zero-order valence-electron chi connectivity index (χ0n) is 7.58. The van der Waals surface area contributed by atoms with Crippen LogP contribution in [0, 0.1) is 0 Å². The second-order valence-electron chi connectivity index (χ2n) is 2.04. The van der Waals surface area contributed by atoms with Crippen LogP contribution in [-0.4, -0.2) is 23.8 Å². The third kappa shape index (κ3) is 10.2. The molecule has 0 amide bonds. The van der Waals surface area contributed by atoms with E-state index in [9.17, 15) is 0 Å². The summed E-state index contributed by atoms with van der Waals surface area (Å²) in [5.74, 6) is -0.263. The number of hydrogen-bond acceptors (Lipinski definition) is 4. The van der Waals surface area contributed by atoms with Crippen LogP contribution >= 0.6 is 12.4 Å². The van der Waals surface area contributed by atoms with E-state index < -0.39 is 0 Å². The number of nitrogens with two attached hydrogens (primary N) is 4. The van der Waals surface area contributed by atoms with Gasteiger partial charge in [0.2, 0.25) is 11.9 Å². The topological polar surface area (TPSA) is 154 Å². The van der Waals surface area contributed by atoms with Gasteiger partial charge in [0.1, 0.15) is 0 Å². The van der Waals surface area contributed by atoms with Gasteiger partial charge in [-0.2, -0.15) is 10.2 Å². The summed E-state index contributed by atoms with van der Waals surface area (Å²) in [6, 6.07) is 0. The Kier molecular flexibility index (Phi) is 8.18. The molecule has 0 saturated carbocycles. The molecule has 0 atom stereocenters. The molecular formula is C5H13ClN8. The summed E-state index contributed by atoms with van der Waals surface area (Å²) >= 11 is 0. The molecular weight excluding hydrogens is 208 g/mol. The minimum absolute atomic E-state index is 0. The van der Waals surface area contributed by atoms with Gasteiger partial charge >= 0.3 is 0 Å². The lowest BCUT2D eigenvalue weighted by atomic mass is 10.5. The van der Waals surface area contributed by atoms with Crippen molar-refractivity contribution in [2.24, 2.45) is 43.3 Å². The highest BCUT2D eigenvalue weighted by atomic mass is 35.5. The lowest BCUT2D eigenvalue weighted by Crippen LogP contribution is -2.22. The molecule has 8 nitrogen and oxygen atoms in total. The van der Waals surface area contributed by atoms with Crippen molar-refractivity contribution in [2.45, 2.75) is 6.92 Å². The van der Waals surface area contributed by atoms with E-state index in [1.165, 1.54) is 6.21 Å². The SMILES string of the molecule is CC(/C=N/N=C(N)N)=N\N=C(N)N.Cl. The van der Waals surface area contributed by atoms with E-state index in [1.54, 1.807) is 6.92 Å². The average molecular weight is 221 g/mol. The van der Waals surface area contributed by atoms with E-state index in [0.29, 0.717) is 5.71 Å². The Morgan fingerprint density at radius 2 is 1.43 bits per heavy atom. The number of nitrogens with zero attached hydrogens (tertiary/aromatic N) is 4. The Morgan fingerprint density at radius 1 is 0.929 bits per heavy atom. The largest absolute Gasteiger partial charge is 0.369 e. The van der Waals surface area contributed by atoms with Crippen molar-refractivity contribution in [3.05, 3.63) is 0 Å². The van der Waals surface area contributed by atoms with E-state index in [4.69, 9.17) is 22.9 Å². The monoisotopic (exact) mass is 220 g/mol. The van der Waals surface area contributed by atoms with Gasteiger partial charge in [0.05, 0.1) is 11.9 Å². The standard InChI is InChI=1S/C5H12N8.ClH/c1-3(11-13-5(8)9)2-10-12-4(6)7;/h2H,1H3,(H4,6,7,12)(H4,8,9,13);1H/b10-2+,11-3+;. The zero-order valence-corrected chi connectivity index (χ0v) is 8.40. The molecule has 0 rings (SSSR count). The lowest BCUT2D eigenvalue weighted by Gasteiger charge is -1.86. The fraction of sp³-hybridized carbons (Fsp3) is 0.200. The number of hydrogen-bond donors (Lipinski definition) is 4. The van der Waals surface area contributed by atoms with Gasteiger partial charge in [0, 0.05) is 0 Å². The summed E-state index contributed by atoms with van der Waals surface area (Å²) in [5, 5.41) is 13.8. The van der Waals surface area contributed by atoms with Gasteiger partial charge in [0.15, 0.2) is 0 Å². The molecule has 0 radical (unpaired) electrons. The first kappa shape index (κ1) is 14.7. The second-order valence-corrected chi connectivity index (χ2v) is 2.04. The molecule has 0 saturated heterocycles. The normalized spacial score (nSPS) is 10.5. The fourth-order valence-corrected chi connectivity index (χ4v) is 0.342. The van der Waals surface area contributed by atoms with Crippen LogP contribution in [0.25, 0.3) is 0 Å². The Morgan fingerprint density at radius 3 is 1.86 bits per heavy atom. The Balaban J connectivity index is 0. The molecule has 0 aliphatic carbocycles. The molecule has 0 bridgehead atoms. The fourth-order valence-electron chi connectivity index (χ4n) is 0.342. The van der Waals surface area contributed by atoms with Crippen molar-refractivity contribution < 1.29 is 0 Å². The molecule has 14 heavy (non-hydrogen) atoms. The molecule has 0 aromatic carbocycles. The van der Waals surface area contributed by atoms with Crippen LogP contribution in [0.5, 0.6) is 0 Å². The van der Waals surface area contributed by atoms with Gasteiger partial charge in [-0.15, -0.1) is 22.6 Å². The quantitative estimate of drug-likeness (QED) is 0.255. The van der Waals surface area contributed by atoms with Gasteiger partial charge in [-0.05, 0) is 6.92 Å². The molecule has 0 aromatic heterocycles. The molecule has 80 valence electrons. The maximum absolute atomic E-state index is 5.03. The smallest absolute Gasteiger partial charge is 0.211 e. The summed E-state index contributed by atoms with van der Waals surface area (Å²) in [4.78, 5) is 0. The Hall–Kier alpha value is -1.83. The summed E-state index contributed by atoms with van der Waals surface area (Å²) < 4.78 is 0. The van der Waals surface area contributed by atoms with Crippen LogP contribution in [0.4, 0.5) is 0 Å². The highest BCUT2D eigenvalue weighted by Gasteiger charge is 1.83. The minimum Gasteiger partial charge on any atom is -0.369 e. The van der Waals surface area contributed by atoms with Gasteiger partial charge in [-0.1, -0.05) is 0 Å². The van der Waals surface area contributed by atoms with E-state index in [2.05, 4.69) is 20.4 Å². The lowest BCUT2D eigenvalue weighted by molar-refractivity contribution is 1.19. The molecule has 9 heteroatoms. The average Bonchev–Trinajstić information content (AvgIpc) is 2.00. The molecule has 0 unspecified atom stereocenters. The van der Waals surface area contributed by atoms with Gasteiger partial charge in [-0.3, -0.25) is 0 Å². The molecule has 0 aliphatic rings. The van der Waals surface area contributed by atoms with Crippen molar-refractivity contribution in [2.75, 3.05) is 0 Å². The molecule has 0 spiro atoms. The first-order valence-electron chi connectivity index (χ1n) is 3.27. The van der Waals surface area contributed by atoms with E-state index >= 15 is 0 Å². The van der Waals surface area contributed by atoms with Crippen molar-refractivity contribution in [1.29, 1.82) is 0 Å². The highest BCUT2D eigenvalue weighted by Crippen LogP contribution is 1.76. The number of halogens is 1. The van der Waals surface area contributed by atoms with Crippen LogP contribution in [0.2, 0.25) is 0 Å². The molecule has 0 aromatic rings. The first-order valence-corrected chi connectivity index (χ1v) is 3.27. The molecule has 8 N–H and O–H groups in total. The van der Waals surface area contributed by atoms with Crippen molar-refractivity contribution in [3.63, 3.8) is 0 Å².